The van der Waals surface area contributed by atoms with Gasteiger partial charge in [-0.15, -0.1) is 0 Å². The second kappa shape index (κ2) is 5.41. The third kappa shape index (κ3) is 3.33. The van der Waals surface area contributed by atoms with Gasteiger partial charge in [-0.05, 0) is 32.1 Å². The first kappa shape index (κ1) is 15.2. The molecule has 0 saturated heterocycles. The Morgan fingerprint density at radius 1 is 1.22 bits per heavy atom. The van der Waals surface area contributed by atoms with Gasteiger partial charge < -0.3 is 5.32 Å². The average Bonchev–Trinajstić information content (AvgIpc) is 3.09. The Morgan fingerprint density at radius 3 is 2.17 bits per heavy atom. The van der Waals surface area contributed by atoms with Crippen molar-refractivity contribution in [1.82, 2.24) is 5.32 Å². The fourth-order valence-electron chi connectivity index (χ4n) is 2.37. The third-order valence-electron chi connectivity index (χ3n) is 4.41. The molecule has 0 heterocycles. The van der Waals surface area contributed by atoms with Crippen LogP contribution in [0.2, 0.25) is 0 Å². The van der Waals surface area contributed by atoms with Crippen LogP contribution >= 0.6 is 0 Å². The van der Waals surface area contributed by atoms with Crippen molar-refractivity contribution >= 4 is 11.7 Å². The van der Waals surface area contributed by atoms with Crippen LogP contribution in [0.4, 0.5) is 0 Å². The summed E-state index contributed by atoms with van der Waals surface area (Å²) in [5, 5.41) is 2.99. The SMILES string of the molecule is CCCC(C)(C(=O)NCC(C)(C)C(C)=O)C1CC1. The van der Waals surface area contributed by atoms with Crippen LogP contribution in [-0.4, -0.2) is 18.2 Å². The Kier molecular flexibility index (Phi) is 4.57. The van der Waals surface area contributed by atoms with Crippen molar-refractivity contribution in [2.75, 3.05) is 6.54 Å². The zero-order valence-corrected chi connectivity index (χ0v) is 12.4. The van der Waals surface area contributed by atoms with Crippen molar-refractivity contribution in [2.45, 2.75) is 60.3 Å². The van der Waals surface area contributed by atoms with Crippen molar-refractivity contribution in [3.8, 4) is 0 Å². The van der Waals surface area contributed by atoms with Crippen molar-refractivity contribution in [2.24, 2.45) is 16.7 Å². The van der Waals surface area contributed by atoms with E-state index in [1.165, 1.54) is 12.8 Å². The topological polar surface area (TPSA) is 46.2 Å². The van der Waals surface area contributed by atoms with Crippen LogP contribution in [0, 0.1) is 16.7 Å². The van der Waals surface area contributed by atoms with E-state index in [1.807, 2.05) is 13.8 Å². The first-order valence-electron chi connectivity index (χ1n) is 7.03. The average molecular weight is 253 g/mol. The highest BCUT2D eigenvalue weighted by Crippen LogP contribution is 2.48. The monoisotopic (exact) mass is 253 g/mol. The molecule has 18 heavy (non-hydrogen) atoms. The van der Waals surface area contributed by atoms with Gasteiger partial charge in [-0.25, -0.2) is 0 Å². The van der Waals surface area contributed by atoms with Crippen molar-refractivity contribution < 1.29 is 9.59 Å². The standard InChI is InChI=1S/C15H27NO2/c1-6-9-15(5,12-7-8-12)13(18)16-10-14(3,4)11(2)17/h12H,6-10H2,1-5H3,(H,16,18). The molecule has 0 aliphatic heterocycles. The van der Waals surface area contributed by atoms with Gasteiger partial charge in [0.2, 0.25) is 5.91 Å². The summed E-state index contributed by atoms with van der Waals surface area (Å²) in [5.74, 6) is 0.783. The molecular formula is C15H27NO2. The lowest BCUT2D eigenvalue weighted by Crippen LogP contribution is -2.45. The van der Waals surface area contributed by atoms with Gasteiger partial charge in [0, 0.05) is 17.4 Å². The zero-order valence-electron chi connectivity index (χ0n) is 12.4. The van der Waals surface area contributed by atoms with Crippen molar-refractivity contribution in [3.63, 3.8) is 0 Å². The fourth-order valence-corrected chi connectivity index (χ4v) is 2.37. The summed E-state index contributed by atoms with van der Waals surface area (Å²) in [6, 6.07) is 0. The molecule has 1 aliphatic rings. The molecule has 3 nitrogen and oxygen atoms in total. The number of hydrogen-bond donors (Lipinski definition) is 1. The summed E-state index contributed by atoms with van der Waals surface area (Å²) >= 11 is 0. The fraction of sp³-hybridized carbons (Fsp3) is 0.867. The Morgan fingerprint density at radius 2 is 1.78 bits per heavy atom. The van der Waals surface area contributed by atoms with Gasteiger partial charge in [0.05, 0.1) is 0 Å². The molecule has 104 valence electrons. The van der Waals surface area contributed by atoms with Gasteiger partial charge in [0.15, 0.2) is 0 Å². The largest absolute Gasteiger partial charge is 0.355 e. The van der Waals surface area contributed by atoms with Crippen LogP contribution < -0.4 is 5.32 Å². The minimum Gasteiger partial charge on any atom is -0.355 e. The highest BCUT2D eigenvalue weighted by atomic mass is 16.2. The maximum Gasteiger partial charge on any atom is 0.226 e. The predicted molar refractivity (Wildman–Crippen MR) is 73.2 cm³/mol. The Labute approximate surface area is 111 Å². The van der Waals surface area contributed by atoms with E-state index in [2.05, 4.69) is 19.2 Å². The summed E-state index contributed by atoms with van der Waals surface area (Å²) in [4.78, 5) is 23.8. The number of Topliss-reactive ketones (excluding diaryl/α,β-unsaturated/α-hetero) is 1. The predicted octanol–water partition coefficient (Wildman–Crippen LogP) is 2.93. The van der Waals surface area contributed by atoms with Crippen LogP contribution in [0.3, 0.4) is 0 Å². The minimum absolute atomic E-state index is 0.117. The number of nitrogens with one attached hydrogen (secondary N) is 1. The molecule has 0 bridgehead atoms. The van der Waals surface area contributed by atoms with Crippen LogP contribution in [0.15, 0.2) is 0 Å². The molecule has 0 spiro atoms. The quantitative estimate of drug-likeness (QED) is 0.758. The van der Waals surface area contributed by atoms with Gasteiger partial charge in [0.25, 0.3) is 0 Å². The zero-order chi connectivity index (χ0) is 14.0. The molecule has 1 N–H and O–H groups in total. The van der Waals surface area contributed by atoms with Gasteiger partial charge in [-0.1, -0.05) is 34.1 Å². The number of ketones is 1. The van der Waals surface area contributed by atoms with E-state index in [0.717, 1.165) is 12.8 Å². The van der Waals surface area contributed by atoms with Gasteiger partial charge in [-0.3, -0.25) is 9.59 Å². The van der Waals surface area contributed by atoms with Crippen molar-refractivity contribution in [1.29, 1.82) is 0 Å². The highest BCUT2D eigenvalue weighted by Gasteiger charge is 2.46. The molecule has 1 atom stereocenters. The molecule has 0 radical (unpaired) electrons. The second-order valence-electron chi connectivity index (χ2n) is 6.56. The van der Waals surface area contributed by atoms with E-state index in [0.29, 0.717) is 12.5 Å². The normalized spacial score (nSPS) is 19.2. The Balaban J connectivity index is 2.60. The Hall–Kier alpha value is -0.860. The number of carbonyl (C=O) groups is 2. The molecule has 0 aromatic rings. The number of amides is 1. The lowest BCUT2D eigenvalue weighted by Gasteiger charge is -2.30. The number of hydrogen-bond acceptors (Lipinski definition) is 2. The maximum absolute atomic E-state index is 12.4. The summed E-state index contributed by atoms with van der Waals surface area (Å²) < 4.78 is 0. The first-order valence-corrected chi connectivity index (χ1v) is 7.03. The molecule has 1 rings (SSSR count). The van der Waals surface area contributed by atoms with Crippen molar-refractivity contribution in [3.05, 3.63) is 0 Å². The molecule has 1 unspecified atom stereocenters. The first-order chi connectivity index (χ1) is 8.24. The molecule has 1 amide bonds. The molecule has 1 aliphatic carbocycles. The van der Waals surface area contributed by atoms with E-state index < -0.39 is 5.41 Å². The maximum atomic E-state index is 12.4. The van der Waals surface area contributed by atoms with E-state index in [-0.39, 0.29) is 17.1 Å². The van der Waals surface area contributed by atoms with Crippen LogP contribution in [0.5, 0.6) is 0 Å². The molecule has 3 heteroatoms. The van der Waals surface area contributed by atoms with E-state index in [9.17, 15) is 9.59 Å². The minimum atomic E-state index is -0.466. The third-order valence-corrected chi connectivity index (χ3v) is 4.41. The van der Waals surface area contributed by atoms with E-state index >= 15 is 0 Å². The summed E-state index contributed by atoms with van der Waals surface area (Å²) in [6.07, 6.45) is 4.29. The van der Waals surface area contributed by atoms with E-state index in [1.54, 1.807) is 6.92 Å². The second-order valence-corrected chi connectivity index (χ2v) is 6.56. The number of carbonyl (C=O) groups excluding carboxylic acids is 2. The van der Waals surface area contributed by atoms with Gasteiger partial charge in [-0.2, -0.15) is 0 Å². The highest BCUT2D eigenvalue weighted by molar-refractivity contribution is 5.85. The van der Waals surface area contributed by atoms with Crippen LogP contribution in [-0.2, 0) is 9.59 Å². The molecule has 0 aromatic heterocycles. The van der Waals surface area contributed by atoms with Gasteiger partial charge >= 0.3 is 0 Å². The molecule has 0 aromatic carbocycles. The lowest BCUT2D eigenvalue weighted by molar-refractivity contribution is -0.133. The lowest BCUT2D eigenvalue weighted by atomic mass is 9.79. The van der Waals surface area contributed by atoms with Gasteiger partial charge in [0.1, 0.15) is 5.78 Å². The summed E-state index contributed by atoms with van der Waals surface area (Å²) in [6.45, 7) is 9.97. The van der Waals surface area contributed by atoms with Crippen LogP contribution in [0.25, 0.3) is 0 Å². The summed E-state index contributed by atoms with van der Waals surface area (Å²) in [5.41, 5.74) is -0.700. The molecular weight excluding hydrogens is 226 g/mol. The molecule has 1 saturated carbocycles. The number of rotatable bonds is 7. The van der Waals surface area contributed by atoms with Crippen LogP contribution in [0.1, 0.15) is 60.3 Å². The smallest absolute Gasteiger partial charge is 0.226 e. The summed E-state index contributed by atoms with van der Waals surface area (Å²) in [7, 11) is 0. The van der Waals surface area contributed by atoms with E-state index in [4.69, 9.17) is 0 Å². The Bertz CT molecular complexity index is 331. The molecule has 1 fully saturated rings.